The normalized spacial score (nSPS) is 10.9. The van der Waals surface area contributed by atoms with Gasteiger partial charge >= 0.3 is 0 Å². The van der Waals surface area contributed by atoms with E-state index in [-0.39, 0.29) is 48.9 Å². The van der Waals surface area contributed by atoms with Crippen LogP contribution in [0.15, 0.2) is 0 Å². The molecule has 0 aliphatic heterocycles. The van der Waals surface area contributed by atoms with Gasteiger partial charge in [-0.15, -0.1) is 0 Å². The zero-order chi connectivity index (χ0) is 15.7. The van der Waals surface area contributed by atoms with E-state index in [1.54, 1.807) is 7.05 Å². The average molecular weight is 285 g/mol. The molecule has 1 amide bonds. The van der Waals surface area contributed by atoms with Crippen molar-refractivity contribution in [2.75, 3.05) is 26.8 Å². The molecule has 0 aromatic carbocycles. The van der Waals surface area contributed by atoms with Gasteiger partial charge in [0.15, 0.2) is 5.78 Å². The van der Waals surface area contributed by atoms with E-state index in [0.29, 0.717) is 13.0 Å². The summed E-state index contributed by atoms with van der Waals surface area (Å²) < 4.78 is 5.27. The standard InChI is InChI=1S/C15H27NO4/c1-11(2)13(17)6-8-20-9-7-15(19)16(5)10-14(18)12(3)4/h11-12H,6-10H2,1-5H3. The number of likely N-dealkylation sites (N-methyl/N-ethyl adjacent to an activating group) is 1. The van der Waals surface area contributed by atoms with Crippen LogP contribution in [0.4, 0.5) is 0 Å². The summed E-state index contributed by atoms with van der Waals surface area (Å²) in [7, 11) is 1.62. The number of ketones is 2. The smallest absolute Gasteiger partial charge is 0.225 e. The number of carbonyl (C=O) groups excluding carboxylic acids is 3. The molecule has 0 rings (SSSR count). The Balaban J connectivity index is 3.78. The second-order valence-corrected chi connectivity index (χ2v) is 5.60. The molecule has 0 N–H and O–H groups in total. The van der Waals surface area contributed by atoms with Crippen LogP contribution in [0, 0.1) is 11.8 Å². The molecule has 0 fully saturated rings. The van der Waals surface area contributed by atoms with Gasteiger partial charge in [0.2, 0.25) is 5.91 Å². The van der Waals surface area contributed by atoms with E-state index < -0.39 is 0 Å². The highest BCUT2D eigenvalue weighted by Crippen LogP contribution is 2.01. The molecule has 0 aliphatic rings. The lowest BCUT2D eigenvalue weighted by Crippen LogP contribution is -2.34. The van der Waals surface area contributed by atoms with Crippen molar-refractivity contribution < 1.29 is 19.1 Å². The number of ether oxygens (including phenoxy) is 1. The number of rotatable bonds is 10. The number of carbonyl (C=O) groups is 3. The van der Waals surface area contributed by atoms with E-state index in [0.717, 1.165) is 0 Å². The number of nitrogens with zero attached hydrogens (tertiary/aromatic N) is 1. The van der Waals surface area contributed by atoms with Crippen LogP contribution in [0.25, 0.3) is 0 Å². The van der Waals surface area contributed by atoms with Gasteiger partial charge in [0, 0.05) is 25.3 Å². The van der Waals surface area contributed by atoms with E-state index in [1.165, 1.54) is 4.90 Å². The molecule has 0 heterocycles. The number of amides is 1. The highest BCUT2D eigenvalue weighted by molar-refractivity contribution is 5.87. The Morgan fingerprint density at radius 3 is 1.90 bits per heavy atom. The van der Waals surface area contributed by atoms with Crippen LogP contribution in [0.3, 0.4) is 0 Å². The zero-order valence-corrected chi connectivity index (χ0v) is 13.3. The molecule has 0 atom stereocenters. The molecule has 0 aromatic heterocycles. The maximum Gasteiger partial charge on any atom is 0.225 e. The first-order chi connectivity index (χ1) is 9.25. The van der Waals surface area contributed by atoms with Crippen molar-refractivity contribution >= 4 is 17.5 Å². The SMILES string of the molecule is CC(C)C(=O)CCOCCC(=O)N(C)CC(=O)C(C)C. The lowest BCUT2D eigenvalue weighted by molar-refractivity contribution is -0.135. The van der Waals surface area contributed by atoms with Crippen molar-refractivity contribution in [1.82, 2.24) is 4.90 Å². The molecule has 0 spiro atoms. The summed E-state index contributed by atoms with van der Waals surface area (Å²) in [5.41, 5.74) is 0. The van der Waals surface area contributed by atoms with Crippen LogP contribution in [-0.2, 0) is 19.1 Å². The first-order valence-electron chi connectivity index (χ1n) is 7.12. The highest BCUT2D eigenvalue weighted by Gasteiger charge is 2.15. The minimum absolute atomic E-state index is 0.0217. The first kappa shape index (κ1) is 18.8. The van der Waals surface area contributed by atoms with Crippen LogP contribution in [0.2, 0.25) is 0 Å². The molecule has 0 aliphatic carbocycles. The summed E-state index contributed by atoms with van der Waals surface area (Å²) in [6, 6.07) is 0. The zero-order valence-electron chi connectivity index (χ0n) is 13.3. The Morgan fingerprint density at radius 2 is 1.40 bits per heavy atom. The largest absolute Gasteiger partial charge is 0.380 e. The summed E-state index contributed by atoms with van der Waals surface area (Å²) in [6.45, 7) is 8.11. The maximum atomic E-state index is 11.7. The molecular formula is C15H27NO4. The average Bonchev–Trinajstić information content (AvgIpc) is 2.37. The van der Waals surface area contributed by atoms with Crippen molar-refractivity contribution in [3.05, 3.63) is 0 Å². The van der Waals surface area contributed by atoms with Crippen molar-refractivity contribution in [3.63, 3.8) is 0 Å². The molecule has 0 unspecified atom stereocenters. The molecule has 0 saturated carbocycles. The van der Waals surface area contributed by atoms with E-state index in [9.17, 15) is 14.4 Å². The number of hydrogen-bond donors (Lipinski definition) is 0. The van der Waals surface area contributed by atoms with Gasteiger partial charge in [-0.1, -0.05) is 27.7 Å². The molecule has 0 saturated heterocycles. The Labute approximate surface area is 121 Å². The Bertz CT molecular complexity index is 337. The molecule has 20 heavy (non-hydrogen) atoms. The summed E-state index contributed by atoms with van der Waals surface area (Å²) in [5.74, 6) is 0.0476. The fourth-order valence-corrected chi connectivity index (χ4v) is 1.42. The van der Waals surface area contributed by atoms with Gasteiger partial charge in [-0.2, -0.15) is 0 Å². The molecule has 5 heteroatoms. The van der Waals surface area contributed by atoms with Crippen molar-refractivity contribution in [3.8, 4) is 0 Å². The Morgan fingerprint density at radius 1 is 0.900 bits per heavy atom. The van der Waals surface area contributed by atoms with Crippen LogP contribution >= 0.6 is 0 Å². The highest BCUT2D eigenvalue weighted by atomic mass is 16.5. The van der Waals surface area contributed by atoms with E-state index in [1.807, 2.05) is 27.7 Å². The fourth-order valence-electron chi connectivity index (χ4n) is 1.42. The second-order valence-electron chi connectivity index (χ2n) is 5.60. The van der Waals surface area contributed by atoms with Crippen LogP contribution in [-0.4, -0.2) is 49.2 Å². The minimum Gasteiger partial charge on any atom is -0.380 e. The third-order valence-electron chi connectivity index (χ3n) is 3.06. The van der Waals surface area contributed by atoms with E-state index >= 15 is 0 Å². The third-order valence-corrected chi connectivity index (χ3v) is 3.06. The van der Waals surface area contributed by atoms with Crippen LogP contribution < -0.4 is 0 Å². The van der Waals surface area contributed by atoms with Gasteiger partial charge in [-0.3, -0.25) is 14.4 Å². The van der Waals surface area contributed by atoms with Crippen molar-refractivity contribution in [2.24, 2.45) is 11.8 Å². The lowest BCUT2D eigenvalue weighted by atomic mass is 10.1. The number of Topliss-reactive ketones (excluding diaryl/α,β-unsaturated/α-hetero) is 2. The minimum atomic E-state index is -0.116. The molecule has 0 aromatic rings. The Hall–Kier alpha value is -1.23. The fraction of sp³-hybridized carbons (Fsp3) is 0.800. The van der Waals surface area contributed by atoms with Gasteiger partial charge in [0.05, 0.1) is 26.2 Å². The monoisotopic (exact) mass is 285 g/mol. The van der Waals surface area contributed by atoms with E-state index in [2.05, 4.69) is 0 Å². The summed E-state index contributed by atoms with van der Waals surface area (Å²) in [4.78, 5) is 36.0. The van der Waals surface area contributed by atoms with Crippen LogP contribution in [0.1, 0.15) is 40.5 Å². The molecular weight excluding hydrogens is 258 g/mol. The Kier molecular flexibility index (Phi) is 9.05. The molecule has 5 nitrogen and oxygen atoms in total. The summed E-state index contributed by atoms with van der Waals surface area (Å²) >= 11 is 0. The molecule has 0 radical (unpaired) electrons. The topological polar surface area (TPSA) is 63.7 Å². The lowest BCUT2D eigenvalue weighted by Gasteiger charge is -2.17. The quantitative estimate of drug-likeness (QED) is 0.573. The van der Waals surface area contributed by atoms with Crippen molar-refractivity contribution in [1.29, 1.82) is 0 Å². The first-order valence-corrected chi connectivity index (χ1v) is 7.12. The van der Waals surface area contributed by atoms with Crippen LogP contribution in [0.5, 0.6) is 0 Å². The van der Waals surface area contributed by atoms with Gasteiger partial charge in [0.1, 0.15) is 5.78 Å². The van der Waals surface area contributed by atoms with E-state index in [4.69, 9.17) is 4.74 Å². The third kappa shape index (κ3) is 8.04. The van der Waals surface area contributed by atoms with Crippen molar-refractivity contribution in [2.45, 2.75) is 40.5 Å². The molecule has 116 valence electrons. The second kappa shape index (κ2) is 9.64. The van der Waals surface area contributed by atoms with Gasteiger partial charge in [-0.25, -0.2) is 0 Å². The summed E-state index contributed by atoms with van der Waals surface area (Å²) in [5, 5.41) is 0. The number of hydrogen-bond acceptors (Lipinski definition) is 4. The predicted octanol–water partition coefficient (Wildman–Crippen LogP) is 1.69. The summed E-state index contributed by atoms with van der Waals surface area (Å²) in [6.07, 6.45) is 0.616. The maximum absolute atomic E-state index is 11.7. The van der Waals surface area contributed by atoms with Gasteiger partial charge in [0.25, 0.3) is 0 Å². The predicted molar refractivity (Wildman–Crippen MR) is 77.4 cm³/mol. The van der Waals surface area contributed by atoms with Gasteiger partial charge in [-0.05, 0) is 0 Å². The molecule has 0 bridgehead atoms. The van der Waals surface area contributed by atoms with Gasteiger partial charge < -0.3 is 9.64 Å².